The molecule has 1 aliphatic rings. The monoisotopic (exact) mass is 451 g/mol. The number of nitrogens with zero attached hydrogens (tertiary/aromatic N) is 3. The molecule has 5 rings (SSSR count). The molecule has 0 saturated carbocycles. The van der Waals surface area contributed by atoms with Crippen LogP contribution in [0.5, 0.6) is 0 Å². The van der Waals surface area contributed by atoms with E-state index >= 15 is 0 Å². The molecule has 8 heteroatoms. The van der Waals surface area contributed by atoms with E-state index in [-0.39, 0.29) is 5.60 Å². The predicted molar refractivity (Wildman–Crippen MR) is 130 cm³/mol. The number of fused-ring (bicyclic) bond motifs is 5. The molecule has 4 heterocycles. The van der Waals surface area contributed by atoms with Crippen molar-refractivity contribution in [1.82, 2.24) is 15.0 Å². The van der Waals surface area contributed by atoms with E-state index in [1.165, 1.54) is 11.1 Å². The number of aromatic nitrogens is 3. The molecule has 6 nitrogen and oxygen atoms in total. The summed E-state index contributed by atoms with van der Waals surface area (Å²) in [6, 6.07) is 10.4. The normalized spacial score (nSPS) is 15.4. The minimum Gasteiger partial charge on any atom is -0.370 e. The first-order valence-corrected chi connectivity index (χ1v) is 12.4. The Bertz CT molecular complexity index is 1270. The third-order valence-corrected chi connectivity index (χ3v) is 7.16. The smallest absolute Gasteiger partial charge is 0.189 e. The Balaban J connectivity index is 1.85. The number of thioether (sulfide) groups is 1. The summed E-state index contributed by atoms with van der Waals surface area (Å²) in [7, 11) is 0. The van der Waals surface area contributed by atoms with Gasteiger partial charge in [0.15, 0.2) is 5.16 Å². The van der Waals surface area contributed by atoms with E-state index in [4.69, 9.17) is 25.4 Å². The van der Waals surface area contributed by atoms with Gasteiger partial charge in [-0.3, -0.25) is 0 Å². The lowest BCUT2D eigenvalue weighted by Gasteiger charge is -2.33. The molecule has 1 aromatic carbocycles. The largest absolute Gasteiger partial charge is 0.370 e. The summed E-state index contributed by atoms with van der Waals surface area (Å²) in [5.74, 6) is 0.837. The molecule has 160 valence electrons. The molecule has 0 atom stereocenters. The van der Waals surface area contributed by atoms with Gasteiger partial charge in [-0.15, -0.1) is 11.3 Å². The maximum absolute atomic E-state index is 6.21. The number of hydrogen-bond acceptors (Lipinski definition) is 8. The summed E-state index contributed by atoms with van der Waals surface area (Å²) < 4.78 is 7.25. The zero-order valence-corrected chi connectivity index (χ0v) is 19.5. The minimum atomic E-state index is -0.237. The van der Waals surface area contributed by atoms with Gasteiger partial charge in [0.2, 0.25) is 0 Å². The number of hydrogen-bond donors (Lipinski definition) is 2. The topological polar surface area (TPSA) is 86.0 Å². The van der Waals surface area contributed by atoms with E-state index in [0.29, 0.717) is 19.7 Å². The molecule has 0 unspecified atom stereocenters. The molecule has 1 aliphatic heterocycles. The van der Waals surface area contributed by atoms with Crippen molar-refractivity contribution in [1.29, 1.82) is 0 Å². The molecule has 31 heavy (non-hydrogen) atoms. The van der Waals surface area contributed by atoms with E-state index < -0.39 is 0 Å². The number of benzene rings is 1. The first-order valence-electron chi connectivity index (χ1n) is 10.3. The highest BCUT2D eigenvalue weighted by atomic mass is 32.2. The first-order chi connectivity index (χ1) is 15.0. The van der Waals surface area contributed by atoms with Crippen LogP contribution in [0, 0.1) is 0 Å². The van der Waals surface area contributed by atoms with Crippen molar-refractivity contribution in [2.24, 2.45) is 5.73 Å². The molecule has 0 amide bonds. The molecule has 0 fully saturated rings. The van der Waals surface area contributed by atoms with Gasteiger partial charge >= 0.3 is 0 Å². The van der Waals surface area contributed by atoms with Crippen LogP contribution in [-0.2, 0) is 17.8 Å². The molecule has 0 radical (unpaired) electrons. The molecule has 0 spiro atoms. The van der Waals surface area contributed by atoms with E-state index in [1.54, 1.807) is 23.1 Å². The predicted octanol–water partition coefficient (Wildman–Crippen LogP) is 4.85. The summed E-state index contributed by atoms with van der Waals surface area (Å²) in [5.41, 5.74) is 11.0. The van der Waals surface area contributed by atoms with E-state index in [2.05, 4.69) is 43.4 Å². The Labute approximate surface area is 189 Å². The SMILES string of the molecule is CSc1nc(NCCN)c2sc3nc(-c4ccccc4)c4c(c3c2n1)CC(C)(C)OC4. The van der Waals surface area contributed by atoms with Gasteiger partial charge in [0.05, 0.1) is 28.1 Å². The lowest BCUT2D eigenvalue weighted by molar-refractivity contribution is -0.0394. The van der Waals surface area contributed by atoms with Gasteiger partial charge in [-0.05, 0) is 25.7 Å². The van der Waals surface area contributed by atoms with Crippen molar-refractivity contribution >= 4 is 49.3 Å². The lowest BCUT2D eigenvalue weighted by Crippen LogP contribution is -2.32. The van der Waals surface area contributed by atoms with Gasteiger partial charge in [-0.2, -0.15) is 0 Å². The Kier molecular flexibility index (Phi) is 5.34. The number of thiophene rings is 1. The second-order valence-electron chi connectivity index (χ2n) is 8.24. The van der Waals surface area contributed by atoms with E-state index in [0.717, 1.165) is 49.1 Å². The number of nitrogens with one attached hydrogen (secondary N) is 1. The average molecular weight is 452 g/mol. The van der Waals surface area contributed by atoms with Crippen LogP contribution in [0.2, 0.25) is 0 Å². The number of ether oxygens (including phenoxy) is 1. The van der Waals surface area contributed by atoms with Crippen LogP contribution in [0.1, 0.15) is 25.0 Å². The van der Waals surface area contributed by atoms with Gasteiger partial charge in [-0.1, -0.05) is 42.1 Å². The fraction of sp³-hybridized carbons (Fsp3) is 0.348. The van der Waals surface area contributed by atoms with Gasteiger partial charge in [0.25, 0.3) is 0 Å². The van der Waals surface area contributed by atoms with Crippen molar-refractivity contribution in [2.45, 2.75) is 37.6 Å². The van der Waals surface area contributed by atoms with Gasteiger partial charge < -0.3 is 15.8 Å². The zero-order valence-electron chi connectivity index (χ0n) is 17.9. The quantitative estimate of drug-likeness (QED) is 0.331. The Hall–Kier alpha value is -2.26. The number of pyridine rings is 1. The molecule has 0 bridgehead atoms. The first kappa shape index (κ1) is 20.6. The van der Waals surface area contributed by atoms with Gasteiger partial charge in [0.1, 0.15) is 10.6 Å². The standard InChI is InChI=1S/C23H25N5OS2/c1-23(2)11-14-15(12-29-23)17(13-7-5-4-6-8-13)26-21-16(14)18-19(31-21)20(25-10-9-24)28-22(27-18)30-3/h4-8H,9-12,24H2,1-3H3,(H,25,27,28). The van der Waals surface area contributed by atoms with Crippen LogP contribution in [0.4, 0.5) is 5.82 Å². The highest BCUT2D eigenvalue weighted by Crippen LogP contribution is 2.44. The van der Waals surface area contributed by atoms with E-state index in [9.17, 15) is 0 Å². The highest BCUT2D eigenvalue weighted by molar-refractivity contribution is 7.98. The minimum absolute atomic E-state index is 0.237. The van der Waals surface area contributed by atoms with E-state index in [1.807, 2.05) is 12.3 Å². The Morgan fingerprint density at radius 1 is 1.16 bits per heavy atom. The maximum atomic E-state index is 6.21. The van der Waals surface area contributed by atoms with Crippen molar-refractivity contribution in [3.8, 4) is 11.3 Å². The highest BCUT2D eigenvalue weighted by Gasteiger charge is 2.32. The Morgan fingerprint density at radius 3 is 2.71 bits per heavy atom. The summed E-state index contributed by atoms with van der Waals surface area (Å²) in [4.78, 5) is 15.8. The van der Waals surface area contributed by atoms with Gasteiger partial charge in [-0.25, -0.2) is 15.0 Å². The molecule has 3 N–H and O–H groups in total. The zero-order chi connectivity index (χ0) is 21.6. The molecule has 4 aromatic rings. The molecule has 0 saturated heterocycles. The number of rotatable bonds is 5. The second kappa shape index (κ2) is 8.02. The van der Waals surface area contributed by atoms with Crippen LogP contribution in [0.25, 0.3) is 31.7 Å². The van der Waals surface area contributed by atoms with Crippen molar-refractivity contribution in [3.63, 3.8) is 0 Å². The molecular weight excluding hydrogens is 426 g/mol. The second-order valence-corrected chi connectivity index (χ2v) is 10.0. The summed E-state index contributed by atoms with van der Waals surface area (Å²) >= 11 is 3.20. The molecular formula is C23H25N5OS2. The van der Waals surface area contributed by atoms with Crippen LogP contribution in [0.15, 0.2) is 35.5 Å². The maximum Gasteiger partial charge on any atom is 0.189 e. The fourth-order valence-electron chi connectivity index (χ4n) is 4.09. The fourth-order valence-corrected chi connectivity index (χ4v) is 5.57. The van der Waals surface area contributed by atoms with Crippen LogP contribution >= 0.6 is 23.1 Å². The number of anilines is 1. The van der Waals surface area contributed by atoms with Crippen molar-refractivity contribution in [2.75, 3.05) is 24.7 Å². The van der Waals surface area contributed by atoms with Crippen LogP contribution in [-0.4, -0.2) is 39.9 Å². The van der Waals surface area contributed by atoms with Gasteiger partial charge in [0, 0.05) is 36.0 Å². The summed E-state index contributed by atoms with van der Waals surface area (Å²) in [5, 5.41) is 5.27. The third-order valence-electron chi connectivity index (χ3n) is 5.54. The summed E-state index contributed by atoms with van der Waals surface area (Å²) in [6.45, 7) is 6.05. The Morgan fingerprint density at radius 2 is 1.97 bits per heavy atom. The summed E-state index contributed by atoms with van der Waals surface area (Å²) in [6.07, 6.45) is 2.82. The molecule has 0 aliphatic carbocycles. The lowest BCUT2D eigenvalue weighted by atomic mass is 9.88. The van der Waals surface area contributed by atoms with Crippen LogP contribution in [0.3, 0.4) is 0 Å². The molecule has 3 aromatic heterocycles. The van der Waals surface area contributed by atoms with Crippen LogP contribution < -0.4 is 11.1 Å². The van der Waals surface area contributed by atoms with Crippen molar-refractivity contribution < 1.29 is 4.74 Å². The number of nitrogens with two attached hydrogens (primary N) is 1. The third kappa shape index (κ3) is 3.67. The average Bonchev–Trinajstić information content (AvgIpc) is 3.15. The van der Waals surface area contributed by atoms with Crippen molar-refractivity contribution in [3.05, 3.63) is 41.5 Å².